The van der Waals surface area contributed by atoms with Gasteiger partial charge in [-0.1, -0.05) is 13.8 Å². The van der Waals surface area contributed by atoms with Crippen molar-refractivity contribution in [2.75, 3.05) is 36.8 Å². The summed E-state index contributed by atoms with van der Waals surface area (Å²) in [4.78, 5) is 11.4. The van der Waals surface area contributed by atoms with Crippen molar-refractivity contribution in [3.8, 4) is 0 Å². The van der Waals surface area contributed by atoms with Crippen LogP contribution in [0.5, 0.6) is 0 Å². The Kier molecular flexibility index (Phi) is 4.95. The zero-order valence-corrected chi connectivity index (χ0v) is 14.4. The Hall–Kier alpha value is -2.61. The van der Waals surface area contributed by atoms with Gasteiger partial charge in [-0.15, -0.1) is 0 Å². The molecule has 0 radical (unpaired) electrons. The summed E-state index contributed by atoms with van der Waals surface area (Å²) in [7, 11) is 0. The lowest BCUT2D eigenvalue weighted by Crippen LogP contribution is -2.28. The Morgan fingerprint density at radius 3 is 2.75 bits per heavy atom. The maximum absolute atomic E-state index is 4.65. The van der Waals surface area contributed by atoms with Crippen LogP contribution in [-0.4, -0.2) is 55.6 Å². The highest BCUT2D eigenvalue weighted by Crippen LogP contribution is 2.18. The number of nitrogens with one attached hydrogen (secondary N) is 3. The molecule has 0 aliphatic rings. The molecule has 8 heteroatoms. The molecule has 0 atom stereocenters. The average Bonchev–Trinajstić information content (AvgIpc) is 3.20. The van der Waals surface area contributed by atoms with E-state index in [1.165, 1.54) is 0 Å². The molecule has 0 bridgehead atoms. The molecule has 0 aliphatic heterocycles. The van der Waals surface area contributed by atoms with Crippen LogP contribution in [0, 0.1) is 6.92 Å². The Morgan fingerprint density at radius 1 is 1.21 bits per heavy atom. The van der Waals surface area contributed by atoms with Gasteiger partial charge >= 0.3 is 0 Å². The molecule has 3 rings (SSSR count). The van der Waals surface area contributed by atoms with Crippen LogP contribution in [0.1, 0.15) is 19.5 Å². The molecule has 3 heterocycles. The predicted octanol–water partition coefficient (Wildman–Crippen LogP) is 2.26. The third-order valence-electron chi connectivity index (χ3n) is 3.96. The third kappa shape index (κ3) is 3.65. The summed E-state index contributed by atoms with van der Waals surface area (Å²) in [5.74, 6) is 2.22. The molecule has 24 heavy (non-hydrogen) atoms. The van der Waals surface area contributed by atoms with Gasteiger partial charge in [-0.3, -0.25) is 9.50 Å². The van der Waals surface area contributed by atoms with Crippen LogP contribution < -0.4 is 10.6 Å². The lowest BCUT2D eigenvalue weighted by molar-refractivity contribution is 0.316. The molecule has 0 aliphatic carbocycles. The lowest BCUT2D eigenvalue weighted by atomic mass is 10.4. The molecule has 0 saturated heterocycles. The van der Waals surface area contributed by atoms with E-state index >= 15 is 0 Å². The standard InChI is InChI=1S/C16H24N8/c1-4-23(5-2)8-6-17-13-11-15-18-7-9-24(15)16(19-13)20-14-10-12(3)21-22-14/h7,9-11,17H,4-6,8H2,1-3H3,(H2,19,20,21,22). The van der Waals surface area contributed by atoms with E-state index in [2.05, 4.69) is 49.5 Å². The number of likely N-dealkylation sites (N-methyl/N-ethyl adjacent to an activating group) is 1. The van der Waals surface area contributed by atoms with Gasteiger partial charge in [0.2, 0.25) is 5.95 Å². The highest BCUT2D eigenvalue weighted by Gasteiger charge is 2.08. The van der Waals surface area contributed by atoms with Crippen LogP contribution in [0.15, 0.2) is 24.5 Å². The molecule has 0 saturated carbocycles. The first-order valence-corrected chi connectivity index (χ1v) is 8.29. The fourth-order valence-electron chi connectivity index (χ4n) is 2.58. The maximum atomic E-state index is 4.65. The van der Waals surface area contributed by atoms with Crippen molar-refractivity contribution in [3.05, 3.63) is 30.2 Å². The van der Waals surface area contributed by atoms with E-state index in [-0.39, 0.29) is 0 Å². The van der Waals surface area contributed by atoms with Gasteiger partial charge in [0.1, 0.15) is 11.5 Å². The molecule has 3 N–H and O–H groups in total. The molecule has 8 nitrogen and oxygen atoms in total. The molecule has 3 aromatic heterocycles. The Balaban J connectivity index is 1.77. The molecular weight excluding hydrogens is 304 g/mol. The van der Waals surface area contributed by atoms with E-state index in [9.17, 15) is 0 Å². The van der Waals surface area contributed by atoms with E-state index < -0.39 is 0 Å². The van der Waals surface area contributed by atoms with Gasteiger partial charge in [0, 0.05) is 43.3 Å². The minimum atomic E-state index is 0.682. The number of anilines is 3. The normalized spacial score (nSPS) is 11.3. The van der Waals surface area contributed by atoms with E-state index in [4.69, 9.17) is 0 Å². The van der Waals surface area contributed by atoms with Gasteiger partial charge in [-0.2, -0.15) is 10.1 Å². The van der Waals surface area contributed by atoms with Crippen molar-refractivity contribution in [2.45, 2.75) is 20.8 Å². The van der Waals surface area contributed by atoms with Gasteiger partial charge < -0.3 is 15.5 Å². The highest BCUT2D eigenvalue weighted by molar-refractivity contribution is 5.59. The number of hydrogen-bond donors (Lipinski definition) is 3. The second-order valence-electron chi connectivity index (χ2n) is 5.64. The van der Waals surface area contributed by atoms with Crippen molar-refractivity contribution in [2.24, 2.45) is 0 Å². The summed E-state index contributed by atoms with van der Waals surface area (Å²) >= 11 is 0. The molecule has 0 amide bonds. The summed E-state index contributed by atoms with van der Waals surface area (Å²) < 4.78 is 1.90. The Labute approximate surface area is 141 Å². The largest absolute Gasteiger partial charge is 0.369 e. The quantitative estimate of drug-likeness (QED) is 0.588. The second-order valence-corrected chi connectivity index (χ2v) is 5.64. The van der Waals surface area contributed by atoms with Crippen LogP contribution in [0.25, 0.3) is 5.65 Å². The minimum absolute atomic E-state index is 0.682. The van der Waals surface area contributed by atoms with Gasteiger partial charge in [-0.05, 0) is 20.0 Å². The predicted molar refractivity (Wildman–Crippen MR) is 95.9 cm³/mol. The van der Waals surface area contributed by atoms with Gasteiger partial charge in [0.05, 0.1) is 0 Å². The average molecular weight is 328 g/mol. The number of fused-ring (bicyclic) bond motifs is 1. The number of hydrogen-bond acceptors (Lipinski definition) is 6. The first-order chi connectivity index (χ1) is 11.7. The SMILES string of the molecule is CCN(CC)CCNc1cc2nccn2c(Nc2cc(C)[nH]n2)n1. The number of aromatic amines is 1. The molecule has 3 aromatic rings. The molecule has 0 fully saturated rings. The maximum Gasteiger partial charge on any atom is 0.216 e. The number of imidazole rings is 1. The lowest BCUT2D eigenvalue weighted by Gasteiger charge is -2.18. The first kappa shape index (κ1) is 16.3. The van der Waals surface area contributed by atoms with Crippen molar-refractivity contribution in [3.63, 3.8) is 0 Å². The van der Waals surface area contributed by atoms with Crippen LogP contribution >= 0.6 is 0 Å². The monoisotopic (exact) mass is 328 g/mol. The van der Waals surface area contributed by atoms with E-state index in [1.54, 1.807) is 6.20 Å². The minimum Gasteiger partial charge on any atom is -0.369 e. The van der Waals surface area contributed by atoms with Gasteiger partial charge in [0.15, 0.2) is 5.82 Å². The number of nitrogens with zero attached hydrogens (tertiary/aromatic N) is 5. The van der Waals surface area contributed by atoms with Crippen LogP contribution in [-0.2, 0) is 0 Å². The molecule has 0 aromatic carbocycles. The van der Waals surface area contributed by atoms with E-state index in [0.717, 1.165) is 49.2 Å². The summed E-state index contributed by atoms with van der Waals surface area (Å²) in [6, 6.07) is 3.88. The summed E-state index contributed by atoms with van der Waals surface area (Å²) in [6.07, 6.45) is 3.64. The van der Waals surface area contributed by atoms with Gasteiger partial charge in [0.25, 0.3) is 0 Å². The van der Waals surface area contributed by atoms with Crippen molar-refractivity contribution >= 4 is 23.2 Å². The second kappa shape index (κ2) is 7.31. The Morgan fingerprint density at radius 2 is 2.04 bits per heavy atom. The number of rotatable bonds is 8. The number of aryl methyl sites for hydroxylation is 1. The van der Waals surface area contributed by atoms with Gasteiger partial charge in [-0.25, -0.2) is 4.98 Å². The van der Waals surface area contributed by atoms with Crippen molar-refractivity contribution in [1.82, 2.24) is 29.5 Å². The zero-order chi connectivity index (χ0) is 16.9. The molecule has 128 valence electrons. The fourth-order valence-corrected chi connectivity index (χ4v) is 2.58. The van der Waals surface area contributed by atoms with Crippen molar-refractivity contribution < 1.29 is 0 Å². The first-order valence-electron chi connectivity index (χ1n) is 8.29. The molecular formula is C16H24N8. The summed E-state index contributed by atoms with van der Waals surface area (Å²) in [5.41, 5.74) is 1.83. The molecule has 0 spiro atoms. The van der Waals surface area contributed by atoms with E-state index in [0.29, 0.717) is 5.95 Å². The molecule has 0 unspecified atom stereocenters. The van der Waals surface area contributed by atoms with Crippen LogP contribution in [0.2, 0.25) is 0 Å². The smallest absolute Gasteiger partial charge is 0.216 e. The fraction of sp³-hybridized carbons (Fsp3) is 0.438. The zero-order valence-electron chi connectivity index (χ0n) is 14.4. The Bertz CT molecular complexity index is 786. The summed E-state index contributed by atoms with van der Waals surface area (Å²) in [5, 5.41) is 13.7. The van der Waals surface area contributed by atoms with E-state index in [1.807, 2.05) is 29.7 Å². The topological polar surface area (TPSA) is 86.2 Å². The van der Waals surface area contributed by atoms with Crippen molar-refractivity contribution in [1.29, 1.82) is 0 Å². The summed E-state index contributed by atoms with van der Waals surface area (Å²) in [6.45, 7) is 10.2. The number of H-pyrrole nitrogens is 1. The van der Waals surface area contributed by atoms with Crippen LogP contribution in [0.4, 0.5) is 17.6 Å². The number of aromatic nitrogens is 5. The van der Waals surface area contributed by atoms with Crippen LogP contribution in [0.3, 0.4) is 0 Å². The third-order valence-corrected chi connectivity index (χ3v) is 3.96. The highest BCUT2D eigenvalue weighted by atomic mass is 15.3.